The second-order valence-electron chi connectivity index (χ2n) is 7.30. The van der Waals surface area contributed by atoms with Crippen LogP contribution in [0.25, 0.3) is 0 Å². The third-order valence-corrected chi connectivity index (χ3v) is 7.08. The number of nitrogens with zero attached hydrogens (tertiary/aromatic N) is 5. The van der Waals surface area contributed by atoms with Gasteiger partial charge in [0.2, 0.25) is 0 Å². The SMILES string of the molecule is COc1ccc(Cn2nnnc2C2C(COC(C)=O)=CS(=O)(=O)[C@@H]3[C@@H](OC)C(=O)N23)cc1. The Bertz CT molecular complexity index is 1170. The first kappa shape index (κ1) is 21.9. The molecule has 12 nitrogen and oxygen atoms in total. The molecule has 1 saturated heterocycles. The average Bonchev–Trinajstić information content (AvgIpc) is 3.20. The highest BCUT2D eigenvalue weighted by Gasteiger charge is 2.61. The van der Waals surface area contributed by atoms with Crippen LogP contribution in [0.15, 0.2) is 35.2 Å². The molecule has 1 unspecified atom stereocenters. The lowest BCUT2D eigenvalue weighted by molar-refractivity contribution is -0.167. The normalized spacial score (nSPS) is 23.7. The molecule has 32 heavy (non-hydrogen) atoms. The van der Waals surface area contributed by atoms with Crippen molar-refractivity contribution in [2.75, 3.05) is 20.8 Å². The van der Waals surface area contributed by atoms with Gasteiger partial charge in [-0.2, -0.15) is 0 Å². The summed E-state index contributed by atoms with van der Waals surface area (Å²) >= 11 is 0. The zero-order chi connectivity index (χ0) is 23.0. The topological polar surface area (TPSA) is 143 Å². The average molecular weight is 463 g/mol. The molecule has 170 valence electrons. The van der Waals surface area contributed by atoms with Crippen LogP contribution in [0.3, 0.4) is 0 Å². The van der Waals surface area contributed by atoms with Crippen LogP contribution in [-0.4, -0.2) is 77.7 Å². The Morgan fingerprint density at radius 2 is 1.91 bits per heavy atom. The van der Waals surface area contributed by atoms with E-state index in [9.17, 15) is 18.0 Å². The summed E-state index contributed by atoms with van der Waals surface area (Å²) in [6.45, 7) is 1.14. The molecule has 0 N–H and O–H groups in total. The Kier molecular flexibility index (Phi) is 5.69. The number of sulfone groups is 1. The summed E-state index contributed by atoms with van der Waals surface area (Å²) in [5, 5.41) is 11.6. The molecule has 2 aliphatic heterocycles. The number of β-lactam (4-membered cyclic amide) rings is 1. The predicted octanol–water partition coefficient (Wildman–Crippen LogP) is -0.170. The van der Waals surface area contributed by atoms with Gasteiger partial charge in [0.15, 0.2) is 27.1 Å². The van der Waals surface area contributed by atoms with E-state index >= 15 is 0 Å². The van der Waals surface area contributed by atoms with Crippen LogP contribution in [0.5, 0.6) is 5.75 Å². The highest BCUT2D eigenvalue weighted by Crippen LogP contribution is 2.44. The number of methoxy groups -OCH3 is 2. The minimum absolute atomic E-state index is 0.171. The zero-order valence-corrected chi connectivity index (χ0v) is 18.4. The van der Waals surface area contributed by atoms with Crippen molar-refractivity contribution in [1.29, 1.82) is 0 Å². The van der Waals surface area contributed by atoms with Crippen molar-refractivity contribution in [3.8, 4) is 5.75 Å². The molecule has 1 aromatic heterocycles. The molecule has 3 atom stereocenters. The number of fused-ring (bicyclic) bond motifs is 1. The van der Waals surface area contributed by atoms with Gasteiger partial charge in [-0.15, -0.1) is 5.10 Å². The molecule has 13 heteroatoms. The maximum atomic E-state index is 12.8. The van der Waals surface area contributed by atoms with Crippen LogP contribution in [0.4, 0.5) is 0 Å². The van der Waals surface area contributed by atoms with E-state index in [0.29, 0.717) is 5.75 Å². The number of benzene rings is 1. The molecular formula is C19H21N5O7S. The van der Waals surface area contributed by atoms with E-state index in [2.05, 4.69) is 15.5 Å². The second-order valence-corrected chi connectivity index (χ2v) is 9.20. The third kappa shape index (κ3) is 3.73. The maximum Gasteiger partial charge on any atom is 0.302 e. The largest absolute Gasteiger partial charge is 0.497 e. The standard InChI is InChI=1S/C19H21N5O7S/c1-11(25)31-9-13-10-32(27,28)19-16(30-3)18(26)24(19)15(13)17-20-21-22-23(17)8-12-4-6-14(29-2)7-5-12/h4-7,10,15-16,19H,8-9H2,1-3H3/t15?,16-,19+/m0/s1. The molecule has 0 saturated carbocycles. The van der Waals surface area contributed by atoms with Gasteiger partial charge >= 0.3 is 5.97 Å². The third-order valence-electron chi connectivity index (χ3n) is 5.30. The molecule has 0 aliphatic carbocycles. The van der Waals surface area contributed by atoms with Crippen LogP contribution < -0.4 is 4.74 Å². The summed E-state index contributed by atoms with van der Waals surface area (Å²) in [4.78, 5) is 25.3. The first-order valence-electron chi connectivity index (χ1n) is 9.58. The summed E-state index contributed by atoms with van der Waals surface area (Å²) in [5.41, 5.74) is 1.03. The van der Waals surface area contributed by atoms with Gasteiger partial charge in [-0.25, -0.2) is 13.1 Å². The Hall–Kier alpha value is -3.32. The number of carbonyl (C=O) groups excluding carboxylic acids is 2. The fourth-order valence-corrected chi connectivity index (χ4v) is 5.69. The van der Waals surface area contributed by atoms with E-state index in [1.54, 1.807) is 19.2 Å². The van der Waals surface area contributed by atoms with Crippen molar-refractivity contribution in [1.82, 2.24) is 25.1 Å². The molecule has 4 rings (SSSR count). The number of carbonyl (C=O) groups is 2. The first-order valence-corrected chi connectivity index (χ1v) is 11.2. The molecule has 1 amide bonds. The number of ether oxygens (including phenoxy) is 3. The first-order chi connectivity index (χ1) is 15.3. The van der Waals surface area contributed by atoms with E-state index in [1.807, 2.05) is 12.1 Å². The molecule has 3 heterocycles. The Labute approximate surface area is 183 Å². The van der Waals surface area contributed by atoms with Gasteiger partial charge in [-0.1, -0.05) is 12.1 Å². The van der Waals surface area contributed by atoms with Crippen LogP contribution in [-0.2, 0) is 35.4 Å². The number of hydrogen-bond acceptors (Lipinski definition) is 10. The number of hydrogen-bond donors (Lipinski definition) is 0. The van der Waals surface area contributed by atoms with E-state index in [1.165, 1.54) is 23.6 Å². The number of amides is 1. The number of esters is 1. The molecule has 0 radical (unpaired) electrons. The zero-order valence-electron chi connectivity index (χ0n) is 17.5. The monoisotopic (exact) mass is 463 g/mol. The van der Waals surface area contributed by atoms with Gasteiger partial charge in [0, 0.05) is 25.0 Å². The fourth-order valence-electron chi connectivity index (χ4n) is 3.82. The minimum Gasteiger partial charge on any atom is -0.497 e. The molecule has 0 bridgehead atoms. The lowest BCUT2D eigenvalue weighted by Crippen LogP contribution is -2.70. The maximum absolute atomic E-state index is 12.8. The van der Waals surface area contributed by atoms with Gasteiger partial charge in [-0.3, -0.25) is 9.59 Å². The van der Waals surface area contributed by atoms with Gasteiger partial charge in [-0.05, 0) is 28.1 Å². The van der Waals surface area contributed by atoms with Crippen molar-refractivity contribution >= 4 is 21.7 Å². The van der Waals surface area contributed by atoms with Gasteiger partial charge in [0.25, 0.3) is 5.91 Å². The summed E-state index contributed by atoms with van der Waals surface area (Å²) in [5.74, 6) is -0.179. The van der Waals surface area contributed by atoms with Crippen LogP contribution in [0.2, 0.25) is 0 Å². The minimum atomic E-state index is -3.88. The van der Waals surface area contributed by atoms with E-state index in [0.717, 1.165) is 11.0 Å². The van der Waals surface area contributed by atoms with Crippen molar-refractivity contribution in [2.45, 2.75) is 31.0 Å². The second kappa shape index (κ2) is 8.31. The Balaban J connectivity index is 1.73. The van der Waals surface area contributed by atoms with E-state index in [4.69, 9.17) is 14.2 Å². The van der Waals surface area contributed by atoms with Crippen molar-refractivity contribution in [2.24, 2.45) is 0 Å². The molecule has 1 fully saturated rings. The highest BCUT2D eigenvalue weighted by molar-refractivity contribution is 7.95. The van der Waals surface area contributed by atoms with E-state index in [-0.39, 0.29) is 24.5 Å². The Morgan fingerprint density at radius 3 is 2.53 bits per heavy atom. The lowest BCUT2D eigenvalue weighted by atomic mass is 9.99. The van der Waals surface area contributed by atoms with Crippen molar-refractivity contribution in [3.05, 3.63) is 46.6 Å². The molecule has 0 spiro atoms. The summed E-state index contributed by atoms with van der Waals surface area (Å²) in [6.07, 6.45) is -1.13. The van der Waals surface area contributed by atoms with Crippen LogP contribution in [0, 0.1) is 0 Å². The smallest absolute Gasteiger partial charge is 0.302 e. The quantitative estimate of drug-likeness (QED) is 0.401. The lowest BCUT2D eigenvalue weighted by Gasteiger charge is -2.50. The van der Waals surface area contributed by atoms with Gasteiger partial charge in [0.05, 0.1) is 13.7 Å². The van der Waals surface area contributed by atoms with Gasteiger partial charge < -0.3 is 19.1 Å². The molecular weight excluding hydrogens is 442 g/mol. The van der Waals surface area contributed by atoms with Crippen molar-refractivity contribution < 1.29 is 32.2 Å². The number of rotatable bonds is 7. The molecule has 2 aromatic rings. The summed E-state index contributed by atoms with van der Waals surface area (Å²) < 4.78 is 42.4. The fraction of sp³-hybridized carbons (Fsp3) is 0.421. The highest BCUT2D eigenvalue weighted by atomic mass is 32.2. The van der Waals surface area contributed by atoms with Crippen LogP contribution >= 0.6 is 0 Å². The summed E-state index contributed by atoms with van der Waals surface area (Å²) in [6, 6.07) is 6.32. The van der Waals surface area contributed by atoms with Gasteiger partial charge in [0.1, 0.15) is 18.4 Å². The summed E-state index contributed by atoms with van der Waals surface area (Å²) in [7, 11) is -1.04. The predicted molar refractivity (Wildman–Crippen MR) is 108 cm³/mol. The van der Waals surface area contributed by atoms with Crippen LogP contribution in [0.1, 0.15) is 24.4 Å². The molecule has 2 aliphatic rings. The molecule has 1 aromatic carbocycles. The number of aromatic nitrogens is 4. The van der Waals surface area contributed by atoms with Crippen molar-refractivity contribution in [3.63, 3.8) is 0 Å². The number of tetrazole rings is 1. The van der Waals surface area contributed by atoms with E-state index < -0.39 is 39.2 Å². The Morgan fingerprint density at radius 1 is 1.19 bits per heavy atom.